The van der Waals surface area contributed by atoms with Crippen molar-refractivity contribution in [1.29, 1.82) is 0 Å². The molecule has 0 rings (SSSR count). The van der Waals surface area contributed by atoms with Crippen LogP contribution in [0.4, 0.5) is 0 Å². The number of nitrogens with zero attached hydrogens (tertiary/aromatic N) is 2. The van der Waals surface area contributed by atoms with Crippen LogP contribution in [0, 0.1) is 0 Å². The molecule has 0 amide bonds. The highest BCUT2D eigenvalue weighted by Crippen LogP contribution is 1.97. The predicted molar refractivity (Wildman–Crippen MR) is 166 cm³/mol. The van der Waals surface area contributed by atoms with Crippen LogP contribution in [0.1, 0.15) is 0 Å². The third-order valence-corrected chi connectivity index (χ3v) is 5.49. The van der Waals surface area contributed by atoms with Gasteiger partial charge in [0.25, 0.3) is 0 Å². The van der Waals surface area contributed by atoms with Crippen LogP contribution in [0.3, 0.4) is 0 Å². The van der Waals surface area contributed by atoms with Crippen LogP contribution in [0.25, 0.3) is 0 Å². The highest BCUT2D eigenvalue weighted by molar-refractivity contribution is 4.51. The van der Waals surface area contributed by atoms with Gasteiger partial charge in [-0.1, -0.05) is 0 Å². The lowest BCUT2D eigenvalue weighted by molar-refractivity contribution is -0.873. The molecule has 2 atom stereocenters. The topological polar surface area (TPSA) is 133 Å². The molecule has 0 aliphatic heterocycles. The van der Waals surface area contributed by atoms with E-state index in [1.165, 1.54) is 0 Å². The van der Waals surface area contributed by atoms with Crippen molar-refractivity contribution in [3.63, 3.8) is 0 Å². The third kappa shape index (κ3) is 44.0. The molecule has 16 heteroatoms. The minimum absolute atomic E-state index is 0. The molecule has 282 valence electrons. The first-order chi connectivity index (χ1) is 21.0. The van der Waals surface area contributed by atoms with Crippen LogP contribution in [0.15, 0.2) is 0 Å². The van der Waals surface area contributed by atoms with Crippen LogP contribution >= 0.6 is 0 Å². The molecule has 0 bridgehead atoms. The number of aliphatic hydroxyl groups is 2. The van der Waals surface area contributed by atoms with Crippen molar-refractivity contribution in [3.05, 3.63) is 0 Å². The smallest absolute Gasteiger partial charge is 0.126 e. The first kappa shape index (κ1) is 50.4. The number of ether oxygens (including phenoxy) is 10. The molecule has 0 spiro atoms. The number of rotatable bonds is 35. The zero-order valence-electron chi connectivity index (χ0n) is 29.3. The van der Waals surface area contributed by atoms with Crippen molar-refractivity contribution >= 4 is 0 Å². The molecular weight excluding hydrogens is 651 g/mol. The highest BCUT2D eigenvalue weighted by atomic mass is 35.5. The lowest BCUT2D eigenvalue weighted by Gasteiger charge is -2.26. The summed E-state index contributed by atoms with van der Waals surface area (Å²) in [7, 11) is 12.2. The zero-order valence-corrected chi connectivity index (χ0v) is 30.9. The highest BCUT2D eigenvalue weighted by Gasteiger charge is 2.16. The van der Waals surface area contributed by atoms with Gasteiger partial charge in [0.15, 0.2) is 0 Å². The lowest BCUT2D eigenvalue weighted by Crippen LogP contribution is -3.00. The Morgan fingerprint density at radius 3 is 0.630 bits per heavy atom. The monoisotopic (exact) mass is 716 g/mol. The summed E-state index contributed by atoms with van der Waals surface area (Å²) in [6.07, 6.45) is -0.943. The van der Waals surface area contributed by atoms with Crippen molar-refractivity contribution in [2.45, 2.75) is 12.2 Å². The van der Waals surface area contributed by atoms with E-state index in [0.717, 1.165) is 0 Å². The fourth-order valence-electron chi connectivity index (χ4n) is 3.69. The molecule has 14 nitrogen and oxygen atoms in total. The summed E-state index contributed by atoms with van der Waals surface area (Å²) in [4.78, 5) is 0. The van der Waals surface area contributed by atoms with Crippen molar-refractivity contribution in [3.8, 4) is 0 Å². The molecule has 0 aliphatic carbocycles. The molecule has 0 aromatic carbocycles. The Hall–Kier alpha value is 0.0200. The van der Waals surface area contributed by atoms with Gasteiger partial charge in [-0.15, -0.1) is 0 Å². The number of likely N-dealkylation sites (N-methyl/N-ethyl adjacent to an activating group) is 2. The average Bonchev–Trinajstić information content (AvgIpc) is 2.92. The molecule has 0 heterocycles. The van der Waals surface area contributed by atoms with Gasteiger partial charge in [0, 0.05) is 0 Å². The van der Waals surface area contributed by atoms with E-state index in [9.17, 15) is 10.2 Å². The fourth-order valence-corrected chi connectivity index (χ4v) is 3.69. The van der Waals surface area contributed by atoms with Gasteiger partial charge in [-0.2, -0.15) is 0 Å². The van der Waals surface area contributed by atoms with Crippen LogP contribution < -0.4 is 24.8 Å². The Bertz CT molecular complexity index is 555. The maximum absolute atomic E-state index is 9.86. The van der Waals surface area contributed by atoms with E-state index in [1.807, 2.05) is 42.3 Å². The molecule has 0 aliphatic rings. The SMILES string of the molecule is C[N+](C)(C)CC(O)COCCOCCOCCOCCOCCOCCOCCOCCOCCOCC(O)C[N+](C)(C)C.[Cl-].[Cl-]. The Labute approximate surface area is 290 Å². The molecule has 0 radical (unpaired) electrons. The summed E-state index contributed by atoms with van der Waals surface area (Å²) in [5.41, 5.74) is 0. The molecule has 0 aromatic heterocycles. The van der Waals surface area contributed by atoms with Gasteiger partial charge < -0.3 is 91.4 Å². The van der Waals surface area contributed by atoms with Crippen molar-refractivity contribution in [1.82, 2.24) is 0 Å². The Kier molecular flexibility index (Phi) is 38.2. The molecule has 2 unspecified atom stereocenters. The van der Waals surface area contributed by atoms with Gasteiger partial charge in [0.1, 0.15) is 25.3 Å². The van der Waals surface area contributed by atoms with Crippen LogP contribution in [0.5, 0.6) is 0 Å². The second kappa shape index (κ2) is 34.9. The largest absolute Gasteiger partial charge is 1.00 e. The zero-order chi connectivity index (χ0) is 32.8. The van der Waals surface area contributed by atoms with Crippen molar-refractivity contribution in [2.75, 3.05) is 188 Å². The summed E-state index contributed by atoms with van der Waals surface area (Å²) in [6, 6.07) is 0. The Morgan fingerprint density at radius 2 is 0.478 bits per heavy atom. The normalized spacial score (nSPS) is 13.3. The second-order valence-corrected chi connectivity index (χ2v) is 12.3. The summed E-state index contributed by atoms with van der Waals surface area (Å²) >= 11 is 0. The number of aliphatic hydroxyl groups excluding tert-OH is 2. The summed E-state index contributed by atoms with van der Waals surface area (Å²) < 4.78 is 55.9. The average molecular weight is 718 g/mol. The van der Waals surface area contributed by atoms with Gasteiger partial charge in [-0.3, -0.25) is 0 Å². The van der Waals surface area contributed by atoms with Gasteiger partial charge in [-0.25, -0.2) is 0 Å². The first-order valence-electron chi connectivity index (χ1n) is 15.7. The quantitative estimate of drug-likeness (QED) is 0.0478. The summed E-state index contributed by atoms with van der Waals surface area (Å²) in [5.74, 6) is 0. The third-order valence-electron chi connectivity index (χ3n) is 5.49. The minimum atomic E-state index is -0.471. The first-order valence-corrected chi connectivity index (χ1v) is 15.7. The molecule has 0 aromatic rings. The molecule has 0 saturated carbocycles. The van der Waals surface area contributed by atoms with E-state index >= 15 is 0 Å². The predicted octanol–water partition coefficient (Wildman–Crippen LogP) is -6.71. The van der Waals surface area contributed by atoms with E-state index in [-0.39, 0.29) is 24.8 Å². The molecule has 0 saturated heterocycles. The molecule has 2 N–H and O–H groups in total. The lowest BCUT2D eigenvalue weighted by atomic mass is 10.3. The van der Waals surface area contributed by atoms with Crippen molar-refractivity contribution in [2.24, 2.45) is 0 Å². The Balaban J connectivity index is -0.00000924. The van der Waals surface area contributed by atoms with Crippen LogP contribution in [0.2, 0.25) is 0 Å². The fraction of sp³-hybridized carbons (Fsp3) is 1.00. The second-order valence-electron chi connectivity index (χ2n) is 12.3. The van der Waals surface area contributed by atoms with E-state index in [2.05, 4.69) is 0 Å². The van der Waals surface area contributed by atoms with Gasteiger partial charge in [0.05, 0.1) is 174 Å². The van der Waals surface area contributed by atoms with E-state index in [1.54, 1.807) is 0 Å². The Morgan fingerprint density at radius 1 is 0.326 bits per heavy atom. The minimum Gasteiger partial charge on any atom is -1.00 e. The number of quaternary nitrogens is 2. The number of hydrogen-bond donors (Lipinski definition) is 2. The van der Waals surface area contributed by atoms with E-state index in [4.69, 9.17) is 47.4 Å². The van der Waals surface area contributed by atoms with E-state index in [0.29, 0.717) is 154 Å². The van der Waals surface area contributed by atoms with Gasteiger partial charge in [0.2, 0.25) is 0 Å². The maximum Gasteiger partial charge on any atom is 0.126 e. The number of halogens is 2. The number of hydrogen-bond acceptors (Lipinski definition) is 12. The molecule has 0 fully saturated rings. The maximum atomic E-state index is 9.86. The van der Waals surface area contributed by atoms with Crippen LogP contribution in [-0.4, -0.2) is 219 Å². The molecular formula is C30H66Cl2N2O12. The summed E-state index contributed by atoms with van der Waals surface area (Å²) in [6.45, 7) is 10.7. The van der Waals surface area contributed by atoms with Gasteiger partial charge in [-0.05, 0) is 0 Å². The van der Waals surface area contributed by atoms with Crippen molar-refractivity contribution < 1.29 is 91.4 Å². The van der Waals surface area contributed by atoms with E-state index < -0.39 is 12.2 Å². The van der Waals surface area contributed by atoms with Gasteiger partial charge >= 0.3 is 0 Å². The van der Waals surface area contributed by atoms with Crippen LogP contribution in [-0.2, 0) is 47.4 Å². The standard InChI is InChI=1S/C30H66N2O12.2ClH/c1-31(2,3)25-29(33)27-43-23-21-41-19-17-39-15-13-37-11-9-35-7-8-36-10-12-38-14-16-40-18-20-42-22-24-44-28-30(34)26-32(4,5)6;;/h29-30,33-34H,7-28H2,1-6H3;2*1H/q+2;;/p-2. The summed E-state index contributed by atoms with van der Waals surface area (Å²) in [5, 5.41) is 19.7. The molecule has 46 heavy (non-hydrogen) atoms.